The van der Waals surface area contributed by atoms with Crippen molar-refractivity contribution in [1.82, 2.24) is 4.90 Å². The number of benzene rings is 1. The van der Waals surface area contributed by atoms with Gasteiger partial charge in [-0.2, -0.15) is 0 Å². The van der Waals surface area contributed by atoms with Gasteiger partial charge in [-0.15, -0.1) is 0 Å². The lowest BCUT2D eigenvalue weighted by molar-refractivity contribution is -0.121. The van der Waals surface area contributed by atoms with Gasteiger partial charge in [-0.1, -0.05) is 6.07 Å². The smallest absolute Gasteiger partial charge is 0.409 e. The van der Waals surface area contributed by atoms with Crippen LogP contribution in [0.1, 0.15) is 18.4 Å². The summed E-state index contributed by atoms with van der Waals surface area (Å²) in [5, 5.41) is 2.94. The maximum absolute atomic E-state index is 12.3. The first kappa shape index (κ1) is 15.8. The van der Waals surface area contributed by atoms with Crippen LogP contribution in [0.15, 0.2) is 22.7 Å². The predicted octanol–water partition coefficient (Wildman–Crippen LogP) is 3.17. The van der Waals surface area contributed by atoms with Crippen LogP contribution < -0.4 is 5.32 Å². The van der Waals surface area contributed by atoms with Gasteiger partial charge in [-0.3, -0.25) is 4.79 Å². The van der Waals surface area contributed by atoms with E-state index in [1.54, 1.807) is 4.90 Å². The van der Waals surface area contributed by atoms with Gasteiger partial charge in [0.1, 0.15) is 0 Å². The Morgan fingerprint density at radius 3 is 2.57 bits per heavy atom. The molecule has 1 fully saturated rings. The van der Waals surface area contributed by atoms with Crippen LogP contribution in [0, 0.1) is 12.8 Å². The molecule has 1 N–H and O–H groups in total. The van der Waals surface area contributed by atoms with Gasteiger partial charge in [-0.25, -0.2) is 4.79 Å². The Balaban J connectivity index is 1.92. The zero-order valence-electron chi connectivity index (χ0n) is 12.2. The molecule has 0 spiro atoms. The van der Waals surface area contributed by atoms with Gasteiger partial charge in [-0.05, 0) is 53.4 Å². The first-order chi connectivity index (χ1) is 10.0. The maximum atomic E-state index is 12.3. The Labute approximate surface area is 132 Å². The molecule has 0 atom stereocenters. The molecule has 2 amide bonds. The Kier molecular flexibility index (Phi) is 5.22. The third kappa shape index (κ3) is 3.97. The summed E-state index contributed by atoms with van der Waals surface area (Å²) < 4.78 is 5.57. The van der Waals surface area contributed by atoms with Crippen LogP contribution >= 0.6 is 15.9 Å². The molecule has 0 unspecified atom stereocenters. The molecular weight excluding hydrogens is 336 g/mol. The number of rotatable bonds is 2. The van der Waals surface area contributed by atoms with Crippen LogP contribution in [-0.4, -0.2) is 37.1 Å². The first-order valence-corrected chi connectivity index (χ1v) is 7.70. The highest BCUT2D eigenvalue weighted by Gasteiger charge is 2.27. The van der Waals surface area contributed by atoms with Crippen LogP contribution in [-0.2, 0) is 9.53 Å². The number of nitrogens with one attached hydrogen (secondary N) is 1. The van der Waals surface area contributed by atoms with E-state index in [0.717, 1.165) is 15.7 Å². The normalized spacial score (nSPS) is 15.7. The second-order valence-electron chi connectivity index (χ2n) is 5.20. The van der Waals surface area contributed by atoms with E-state index in [1.165, 1.54) is 7.11 Å². The molecule has 0 saturated carbocycles. The number of hydrogen-bond donors (Lipinski definition) is 1. The summed E-state index contributed by atoms with van der Waals surface area (Å²) in [6.45, 7) is 3.11. The van der Waals surface area contributed by atoms with E-state index in [2.05, 4.69) is 26.0 Å². The average molecular weight is 355 g/mol. The molecule has 0 bridgehead atoms. The molecule has 0 aliphatic carbocycles. The van der Waals surface area contributed by atoms with Crippen LogP contribution in [0.25, 0.3) is 0 Å². The van der Waals surface area contributed by atoms with Crippen LogP contribution in [0.2, 0.25) is 0 Å². The minimum atomic E-state index is -0.324. The molecule has 5 nitrogen and oxygen atoms in total. The lowest BCUT2D eigenvalue weighted by Crippen LogP contribution is -2.41. The SMILES string of the molecule is COC(=O)N1CCC(C(=O)Nc2ccc(C)cc2Br)CC1. The summed E-state index contributed by atoms with van der Waals surface area (Å²) in [5.74, 6) is -0.0665. The van der Waals surface area contributed by atoms with E-state index >= 15 is 0 Å². The van der Waals surface area contributed by atoms with Crippen molar-refractivity contribution in [1.29, 1.82) is 0 Å². The standard InChI is InChI=1S/C15H19BrN2O3/c1-10-3-4-13(12(16)9-10)17-14(19)11-5-7-18(8-6-11)15(20)21-2/h3-4,9,11H,5-8H2,1-2H3,(H,17,19). The van der Waals surface area contributed by atoms with Crippen LogP contribution in [0.4, 0.5) is 10.5 Å². The second kappa shape index (κ2) is 6.93. The van der Waals surface area contributed by atoms with Crippen molar-refractivity contribution in [2.45, 2.75) is 19.8 Å². The molecule has 1 heterocycles. The van der Waals surface area contributed by atoms with Gasteiger partial charge in [0, 0.05) is 23.5 Å². The average Bonchev–Trinajstić information content (AvgIpc) is 2.49. The fourth-order valence-corrected chi connectivity index (χ4v) is 3.00. The summed E-state index contributed by atoms with van der Waals surface area (Å²) in [7, 11) is 1.37. The monoisotopic (exact) mass is 354 g/mol. The Morgan fingerprint density at radius 1 is 1.33 bits per heavy atom. The highest BCUT2D eigenvalue weighted by atomic mass is 79.9. The number of amides is 2. The van der Waals surface area contributed by atoms with E-state index in [0.29, 0.717) is 25.9 Å². The molecule has 1 aliphatic rings. The van der Waals surface area contributed by atoms with E-state index in [1.807, 2.05) is 25.1 Å². The predicted molar refractivity (Wildman–Crippen MR) is 84.2 cm³/mol. The van der Waals surface area contributed by atoms with E-state index in [9.17, 15) is 9.59 Å². The number of methoxy groups -OCH3 is 1. The zero-order valence-corrected chi connectivity index (χ0v) is 13.8. The molecule has 1 aliphatic heterocycles. The summed E-state index contributed by atoms with van der Waals surface area (Å²) in [6, 6.07) is 5.82. The quantitative estimate of drug-likeness (QED) is 0.887. The Bertz CT molecular complexity index is 540. The summed E-state index contributed by atoms with van der Waals surface area (Å²) in [6.07, 6.45) is 0.990. The summed E-state index contributed by atoms with van der Waals surface area (Å²) in [4.78, 5) is 25.3. The van der Waals surface area contributed by atoms with Crippen molar-refractivity contribution in [2.24, 2.45) is 5.92 Å². The Morgan fingerprint density at radius 2 is 2.00 bits per heavy atom. The second-order valence-corrected chi connectivity index (χ2v) is 6.06. The van der Waals surface area contributed by atoms with Crippen LogP contribution in [0.5, 0.6) is 0 Å². The molecular formula is C15H19BrN2O3. The van der Waals surface area contributed by atoms with Gasteiger partial charge >= 0.3 is 6.09 Å². The number of ether oxygens (including phenoxy) is 1. The molecule has 6 heteroatoms. The highest BCUT2D eigenvalue weighted by Crippen LogP contribution is 2.25. The number of halogens is 1. The topological polar surface area (TPSA) is 58.6 Å². The van der Waals surface area contributed by atoms with Crippen molar-refractivity contribution in [3.63, 3.8) is 0 Å². The van der Waals surface area contributed by atoms with Gasteiger partial charge in [0.25, 0.3) is 0 Å². The highest BCUT2D eigenvalue weighted by molar-refractivity contribution is 9.10. The number of likely N-dealkylation sites (tertiary alicyclic amines) is 1. The van der Waals surface area contributed by atoms with Crippen molar-refractivity contribution in [2.75, 3.05) is 25.5 Å². The molecule has 21 heavy (non-hydrogen) atoms. The summed E-state index contributed by atoms with van der Waals surface area (Å²) >= 11 is 3.45. The largest absolute Gasteiger partial charge is 0.453 e. The summed E-state index contributed by atoms with van der Waals surface area (Å²) in [5.41, 5.74) is 1.91. The minimum absolute atomic E-state index is 0.00377. The number of piperidine rings is 1. The molecule has 0 aromatic heterocycles. The van der Waals surface area contributed by atoms with Crippen molar-refractivity contribution in [3.05, 3.63) is 28.2 Å². The minimum Gasteiger partial charge on any atom is -0.453 e. The third-order valence-electron chi connectivity index (χ3n) is 3.68. The number of carbonyl (C=O) groups is 2. The lowest BCUT2D eigenvalue weighted by Gasteiger charge is -2.30. The number of hydrogen-bond acceptors (Lipinski definition) is 3. The lowest BCUT2D eigenvalue weighted by atomic mass is 9.96. The van der Waals surface area contributed by atoms with Crippen molar-refractivity contribution < 1.29 is 14.3 Å². The van der Waals surface area contributed by atoms with Crippen molar-refractivity contribution >= 4 is 33.6 Å². The van der Waals surface area contributed by atoms with Gasteiger partial charge in [0.05, 0.1) is 12.8 Å². The molecule has 0 radical (unpaired) electrons. The van der Waals surface area contributed by atoms with E-state index in [4.69, 9.17) is 0 Å². The fraction of sp³-hybridized carbons (Fsp3) is 0.467. The number of carbonyl (C=O) groups excluding carboxylic acids is 2. The first-order valence-electron chi connectivity index (χ1n) is 6.91. The zero-order chi connectivity index (χ0) is 15.4. The van der Waals surface area contributed by atoms with E-state index < -0.39 is 0 Å². The van der Waals surface area contributed by atoms with Crippen LogP contribution in [0.3, 0.4) is 0 Å². The molecule has 2 rings (SSSR count). The number of nitrogens with zero attached hydrogens (tertiary/aromatic N) is 1. The number of aryl methyl sites for hydroxylation is 1. The molecule has 1 aromatic carbocycles. The van der Waals surface area contributed by atoms with Gasteiger partial charge < -0.3 is 15.0 Å². The van der Waals surface area contributed by atoms with E-state index in [-0.39, 0.29) is 17.9 Å². The maximum Gasteiger partial charge on any atom is 0.409 e. The third-order valence-corrected chi connectivity index (χ3v) is 4.34. The molecule has 114 valence electrons. The van der Waals surface area contributed by atoms with Crippen molar-refractivity contribution in [3.8, 4) is 0 Å². The molecule has 1 aromatic rings. The van der Waals surface area contributed by atoms with Gasteiger partial charge in [0.15, 0.2) is 0 Å². The fourth-order valence-electron chi connectivity index (χ4n) is 2.41. The molecule has 1 saturated heterocycles. The van der Waals surface area contributed by atoms with Gasteiger partial charge in [0.2, 0.25) is 5.91 Å². The Hall–Kier alpha value is -1.56. The number of anilines is 1.